The Bertz CT molecular complexity index is 656. The molecule has 4 nitrogen and oxygen atoms in total. The molecule has 0 aliphatic carbocycles. The molecule has 0 spiro atoms. The lowest BCUT2D eigenvalue weighted by Gasteiger charge is -2.37. The zero-order chi connectivity index (χ0) is 18.1. The molecule has 8 heteroatoms. The van der Waals surface area contributed by atoms with Crippen molar-refractivity contribution in [3.05, 3.63) is 34.6 Å². The molecule has 0 aliphatic heterocycles. The molecular weight excluding hydrogens is 359 g/mol. The van der Waals surface area contributed by atoms with E-state index >= 15 is 0 Å². The van der Waals surface area contributed by atoms with E-state index in [1.165, 1.54) is 12.1 Å². The Morgan fingerprint density at radius 3 is 2.35 bits per heavy atom. The molecule has 1 unspecified atom stereocenters. The van der Waals surface area contributed by atoms with Gasteiger partial charge in [-0.15, -0.1) is 0 Å². The van der Waals surface area contributed by atoms with Crippen LogP contribution in [-0.2, 0) is 14.5 Å². The van der Waals surface area contributed by atoms with E-state index in [1.807, 2.05) is 13.1 Å². The highest BCUT2D eigenvalue weighted by atomic mass is 35.5. The van der Waals surface area contributed by atoms with Crippen molar-refractivity contribution in [2.24, 2.45) is 0 Å². The maximum Gasteiger partial charge on any atom is 0.265 e. The van der Waals surface area contributed by atoms with E-state index in [4.69, 9.17) is 16.0 Å². The zero-order valence-electron chi connectivity index (χ0n) is 14.1. The summed E-state index contributed by atoms with van der Waals surface area (Å²) in [4.78, 5) is 0. The average Bonchev–Trinajstić information content (AvgIpc) is 2.35. The van der Waals surface area contributed by atoms with Crippen molar-refractivity contribution in [1.82, 2.24) is 0 Å². The summed E-state index contributed by atoms with van der Waals surface area (Å²) in [6.45, 7) is 10.4. The highest BCUT2D eigenvalue weighted by Crippen LogP contribution is 2.37. The van der Waals surface area contributed by atoms with Gasteiger partial charge in [0.05, 0.1) is 10.8 Å². The van der Waals surface area contributed by atoms with Gasteiger partial charge in [0.2, 0.25) is 0 Å². The first-order valence-electron chi connectivity index (χ1n) is 7.27. The number of halogens is 2. The van der Waals surface area contributed by atoms with Crippen LogP contribution in [0.25, 0.3) is 0 Å². The summed E-state index contributed by atoms with van der Waals surface area (Å²) >= 11 is 5.66. The number of rotatable bonds is 6. The molecule has 0 saturated heterocycles. The summed E-state index contributed by atoms with van der Waals surface area (Å²) < 4.78 is 51.4. The Morgan fingerprint density at radius 2 is 1.91 bits per heavy atom. The lowest BCUT2D eigenvalue weighted by atomic mass is 10.0. The van der Waals surface area contributed by atoms with Gasteiger partial charge in [0.1, 0.15) is 5.82 Å². The molecule has 0 fully saturated rings. The monoisotopic (exact) mass is 382 g/mol. The molecule has 0 bridgehead atoms. The Balaban J connectivity index is 3.05. The van der Waals surface area contributed by atoms with Gasteiger partial charge in [0.15, 0.2) is 8.32 Å². The van der Waals surface area contributed by atoms with Crippen LogP contribution in [0.1, 0.15) is 32.3 Å². The van der Waals surface area contributed by atoms with E-state index < -0.39 is 35.9 Å². The molecule has 1 aromatic rings. The zero-order valence-corrected chi connectivity index (χ0v) is 16.6. The lowest BCUT2D eigenvalue weighted by Crippen LogP contribution is -2.42. The van der Waals surface area contributed by atoms with E-state index in [-0.39, 0.29) is 16.7 Å². The second kappa shape index (κ2) is 7.19. The Morgan fingerprint density at radius 1 is 1.35 bits per heavy atom. The molecule has 0 heterocycles. The molecule has 1 atom stereocenters. The molecule has 1 rings (SSSR count). The predicted octanol–water partition coefficient (Wildman–Crippen LogP) is 4.47. The van der Waals surface area contributed by atoms with Crippen LogP contribution in [0.2, 0.25) is 23.2 Å². The van der Waals surface area contributed by atoms with E-state index in [2.05, 4.69) is 20.8 Å². The van der Waals surface area contributed by atoms with Crippen molar-refractivity contribution in [2.75, 3.05) is 12.4 Å². The summed E-state index contributed by atoms with van der Waals surface area (Å²) in [6.07, 6.45) is 0. The van der Waals surface area contributed by atoms with Crippen molar-refractivity contribution >= 4 is 30.0 Å². The van der Waals surface area contributed by atoms with E-state index in [0.29, 0.717) is 5.56 Å². The molecule has 132 valence electrons. The van der Waals surface area contributed by atoms with Gasteiger partial charge in [-0.25, -0.2) is 4.39 Å². The van der Waals surface area contributed by atoms with Crippen LogP contribution in [0, 0.1) is 5.82 Å². The van der Waals surface area contributed by atoms with Crippen molar-refractivity contribution in [3.8, 4) is 0 Å². The smallest absolute Gasteiger partial charge is 0.265 e. The molecular formula is C15H24ClFO4SSi. The number of benzene rings is 1. The Labute approximate surface area is 143 Å². The van der Waals surface area contributed by atoms with Crippen molar-refractivity contribution in [1.29, 1.82) is 0 Å². The molecule has 1 aromatic carbocycles. The molecule has 0 aliphatic rings. The molecule has 0 amide bonds. The average molecular weight is 383 g/mol. The standard InChI is InChI=1S/C15H24ClFO4SSi/c1-15(2,3)23(4,5)21-9-12(10-22(18,19)20)11-6-7-13(16)14(17)8-11/h6-8,12H,9-10H2,1-5H3,(H,18,19,20). The van der Waals surface area contributed by atoms with Crippen LogP contribution in [0.15, 0.2) is 18.2 Å². The highest BCUT2D eigenvalue weighted by molar-refractivity contribution is 7.85. The first-order valence-corrected chi connectivity index (χ1v) is 12.2. The Kier molecular flexibility index (Phi) is 6.43. The SMILES string of the molecule is CC(C)(C)[Si](C)(C)OCC(CS(=O)(=O)O)c1ccc(Cl)c(F)c1. The third-order valence-electron chi connectivity index (χ3n) is 4.28. The summed E-state index contributed by atoms with van der Waals surface area (Å²) in [6, 6.07) is 4.11. The summed E-state index contributed by atoms with van der Waals surface area (Å²) in [5.41, 5.74) is 0.434. The fourth-order valence-electron chi connectivity index (χ4n) is 1.79. The molecule has 0 radical (unpaired) electrons. The van der Waals surface area contributed by atoms with E-state index in [9.17, 15) is 17.4 Å². The van der Waals surface area contributed by atoms with Gasteiger partial charge >= 0.3 is 0 Å². The fraction of sp³-hybridized carbons (Fsp3) is 0.600. The van der Waals surface area contributed by atoms with Gasteiger partial charge in [-0.2, -0.15) is 8.42 Å². The molecule has 0 aromatic heterocycles. The van der Waals surface area contributed by atoms with Gasteiger partial charge in [-0.3, -0.25) is 4.55 Å². The second-order valence-electron chi connectivity index (χ2n) is 7.19. The van der Waals surface area contributed by atoms with Gasteiger partial charge < -0.3 is 4.43 Å². The molecule has 23 heavy (non-hydrogen) atoms. The minimum absolute atomic E-state index is 0.0373. The maximum absolute atomic E-state index is 13.7. The van der Waals surface area contributed by atoms with Gasteiger partial charge in [0, 0.05) is 12.5 Å². The largest absolute Gasteiger partial charge is 0.416 e. The third-order valence-corrected chi connectivity index (χ3v) is 9.91. The van der Waals surface area contributed by atoms with Crippen molar-refractivity contribution in [3.63, 3.8) is 0 Å². The topological polar surface area (TPSA) is 63.6 Å². The molecule has 1 N–H and O–H groups in total. The van der Waals surface area contributed by atoms with E-state index in [0.717, 1.165) is 0 Å². The van der Waals surface area contributed by atoms with Crippen LogP contribution in [-0.4, -0.2) is 33.6 Å². The van der Waals surface area contributed by atoms with Crippen LogP contribution in [0.3, 0.4) is 0 Å². The van der Waals surface area contributed by atoms with Crippen molar-refractivity contribution < 1.29 is 21.8 Å². The van der Waals surface area contributed by atoms with Crippen LogP contribution in [0.5, 0.6) is 0 Å². The van der Waals surface area contributed by atoms with Crippen molar-refractivity contribution in [2.45, 2.75) is 44.8 Å². The van der Waals surface area contributed by atoms with Crippen LogP contribution >= 0.6 is 11.6 Å². The van der Waals surface area contributed by atoms with Crippen LogP contribution < -0.4 is 0 Å². The quantitative estimate of drug-likeness (QED) is 0.582. The van der Waals surface area contributed by atoms with Gasteiger partial charge in [-0.05, 0) is 35.8 Å². The van der Waals surface area contributed by atoms with Crippen LogP contribution in [0.4, 0.5) is 4.39 Å². The lowest BCUT2D eigenvalue weighted by molar-refractivity contribution is 0.268. The summed E-state index contributed by atoms with van der Waals surface area (Å²) in [5, 5.41) is -0.0781. The minimum Gasteiger partial charge on any atom is -0.416 e. The second-order valence-corrected chi connectivity index (χ2v) is 13.9. The number of hydrogen-bond donors (Lipinski definition) is 1. The summed E-state index contributed by atoms with van der Waals surface area (Å²) in [7, 11) is -6.31. The number of hydrogen-bond acceptors (Lipinski definition) is 3. The maximum atomic E-state index is 13.7. The first-order chi connectivity index (χ1) is 10.2. The minimum atomic E-state index is -4.22. The highest BCUT2D eigenvalue weighted by Gasteiger charge is 2.38. The molecule has 0 saturated carbocycles. The first kappa shape index (κ1) is 20.6. The Hall–Kier alpha value is -0.473. The fourth-order valence-corrected chi connectivity index (χ4v) is 3.75. The van der Waals surface area contributed by atoms with Gasteiger partial charge in [-0.1, -0.05) is 38.4 Å². The predicted molar refractivity (Wildman–Crippen MR) is 93.7 cm³/mol. The third kappa shape index (κ3) is 6.15. The van der Waals surface area contributed by atoms with E-state index in [1.54, 1.807) is 6.07 Å². The van der Waals surface area contributed by atoms with Gasteiger partial charge in [0.25, 0.3) is 10.1 Å². The normalized spacial score (nSPS) is 14.8. The summed E-state index contributed by atoms with van der Waals surface area (Å²) in [5.74, 6) is -1.81.